The molecule has 19 heavy (non-hydrogen) atoms. The fourth-order valence-electron chi connectivity index (χ4n) is 1.21. The van der Waals surface area contributed by atoms with Crippen molar-refractivity contribution >= 4 is 21.9 Å². The number of pyridine rings is 1. The van der Waals surface area contributed by atoms with Gasteiger partial charge >= 0.3 is 12.3 Å². The van der Waals surface area contributed by atoms with Gasteiger partial charge in [-0.1, -0.05) is 15.9 Å². The number of esters is 1. The predicted molar refractivity (Wildman–Crippen MR) is 59.2 cm³/mol. The highest BCUT2D eigenvalue weighted by Gasteiger charge is 2.33. The minimum absolute atomic E-state index is 0.0790. The van der Waals surface area contributed by atoms with E-state index in [4.69, 9.17) is 0 Å². The SMILES string of the molecule is COC(=O)Cc1nc(CBr)cc(OC(F)(F)F)c1F. The first-order valence-electron chi connectivity index (χ1n) is 4.83. The largest absolute Gasteiger partial charge is 0.573 e. The monoisotopic (exact) mass is 345 g/mol. The molecule has 1 heterocycles. The van der Waals surface area contributed by atoms with Gasteiger partial charge in [-0.3, -0.25) is 9.78 Å². The van der Waals surface area contributed by atoms with Gasteiger partial charge in [0, 0.05) is 11.4 Å². The number of hydrogen-bond donors (Lipinski definition) is 0. The van der Waals surface area contributed by atoms with E-state index in [1.54, 1.807) is 0 Å². The van der Waals surface area contributed by atoms with E-state index in [0.717, 1.165) is 13.2 Å². The van der Waals surface area contributed by atoms with E-state index in [2.05, 4.69) is 30.4 Å². The molecule has 1 aromatic rings. The second-order valence-corrected chi connectivity index (χ2v) is 3.87. The molecule has 0 aliphatic rings. The number of aromatic nitrogens is 1. The topological polar surface area (TPSA) is 48.4 Å². The highest BCUT2D eigenvalue weighted by Crippen LogP contribution is 2.28. The van der Waals surface area contributed by atoms with Gasteiger partial charge in [0.2, 0.25) is 0 Å². The maximum Gasteiger partial charge on any atom is 0.573 e. The van der Waals surface area contributed by atoms with Crippen molar-refractivity contribution < 1.29 is 31.8 Å². The smallest absolute Gasteiger partial charge is 0.469 e. The van der Waals surface area contributed by atoms with Gasteiger partial charge in [-0.2, -0.15) is 0 Å². The third-order valence-electron chi connectivity index (χ3n) is 1.95. The van der Waals surface area contributed by atoms with Crippen molar-refractivity contribution in [3.63, 3.8) is 0 Å². The van der Waals surface area contributed by atoms with Crippen molar-refractivity contribution in [2.45, 2.75) is 18.1 Å². The minimum Gasteiger partial charge on any atom is -0.469 e. The number of nitrogens with zero attached hydrogens (tertiary/aromatic N) is 1. The minimum atomic E-state index is -5.03. The molecule has 0 bridgehead atoms. The quantitative estimate of drug-likeness (QED) is 0.478. The van der Waals surface area contributed by atoms with Crippen LogP contribution in [0.2, 0.25) is 0 Å². The lowest BCUT2D eigenvalue weighted by Crippen LogP contribution is -2.19. The maximum absolute atomic E-state index is 13.7. The van der Waals surface area contributed by atoms with Crippen LogP contribution in [0, 0.1) is 5.82 Å². The van der Waals surface area contributed by atoms with E-state index in [1.807, 2.05) is 0 Å². The molecule has 106 valence electrons. The molecular formula is C10H8BrF4NO3. The first kappa shape index (κ1) is 15.7. The molecular weight excluding hydrogens is 338 g/mol. The van der Waals surface area contributed by atoms with Gasteiger partial charge in [0.1, 0.15) is 0 Å². The summed E-state index contributed by atoms with van der Waals surface area (Å²) in [6.45, 7) is 0. The Bertz CT molecular complexity index is 479. The van der Waals surface area contributed by atoms with Crippen LogP contribution < -0.4 is 4.74 Å². The highest BCUT2D eigenvalue weighted by atomic mass is 79.9. The van der Waals surface area contributed by atoms with Crippen LogP contribution in [0.5, 0.6) is 5.75 Å². The van der Waals surface area contributed by atoms with Gasteiger partial charge in [-0.25, -0.2) is 4.39 Å². The maximum atomic E-state index is 13.7. The lowest BCUT2D eigenvalue weighted by Gasteiger charge is -2.12. The molecule has 4 nitrogen and oxygen atoms in total. The van der Waals surface area contributed by atoms with Crippen molar-refractivity contribution in [2.75, 3.05) is 7.11 Å². The molecule has 0 aromatic carbocycles. The van der Waals surface area contributed by atoms with Gasteiger partial charge in [0.05, 0.1) is 24.9 Å². The van der Waals surface area contributed by atoms with Crippen molar-refractivity contribution in [2.24, 2.45) is 0 Å². The summed E-state index contributed by atoms with van der Waals surface area (Å²) >= 11 is 2.98. The number of rotatable bonds is 4. The molecule has 0 fully saturated rings. The van der Waals surface area contributed by atoms with Crippen LogP contribution in [0.15, 0.2) is 6.07 Å². The van der Waals surface area contributed by atoms with E-state index in [-0.39, 0.29) is 11.0 Å². The number of carbonyl (C=O) groups is 1. The second-order valence-electron chi connectivity index (χ2n) is 3.31. The van der Waals surface area contributed by atoms with Crippen molar-refractivity contribution in [1.29, 1.82) is 0 Å². The van der Waals surface area contributed by atoms with E-state index < -0.39 is 36.0 Å². The summed E-state index contributed by atoms with van der Waals surface area (Å²) < 4.78 is 57.9. The van der Waals surface area contributed by atoms with E-state index in [0.29, 0.717) is 0 Å². The number of halogens is 5. The molecule has 0 atom stereocenters. The van der Waals surface area contributed by atoms with Crippen molar-refractivity contribution in [3.05, 3.63) is 23.3 Å². The molecule has 0 aliphatic carbocycles. The van der Waals surface area contributed by atoms with Gasteiger partial charge in [-0.05, 0) is 0 Å². The zero-order valence-corrected chi connectivity index (χ0v) is 11.1. The number of alkyl halides is 4. The Morgan fingerprint density at radius 2 is 2.11 bits per heavy atom. The average Bonchev–Trinajstić information content (AvgIpc) is 2.32. The molecule has 0 saturated carbocycles. The van der Waals surface area contributed by atoms with E-state index >= 15 is 0 Å². The van der Waals surface area contributed by atoms with E-state index in [1.165, 1.54) is 0 Å². The van der Waals surface area contributed by atoms with Gasteiger partial charge in [0.15, 0.2) is 11.6 Å². The first-order chi connectivity index (χ1) is 8.76. The molecule has 1 rings (SSSR count). The second kappa shape index (κ2) is 6.18. The molecule has 0 spiro atoms. The molecule has 0 N–H and O–H groups in total. The van der Waals surface area contributed by atoms with Gasteiger partial charge < -0.3 is 9.47 Å². The zero-order valence-electron chi connectivity index (χ0n) is 9.55. The number of carbonyl (C=O) groups excluding carboxylic acids is 1. The predicted octanol–water partition coefficient (Wildman–Crippen LogP) is 2.73. The Labute approximate surface area is 113 Å². The van der Waals surface area contributed by atoms with Crippen LogP contribution in [0.4, 0.5) is 17.6 Å². The molecule has 9 heteroatoms. The van der Waals surface area contributed by atoms with Crippen LogP contribution in [0.1, 0.15) is 11.4 Å². The Hall–Kier alpha value is -1.38. The average molecular weight is 346 g/mol. The Morgan fingerprint density at radius 3 is 2.58 bits per heavy atom. The first-order valence-corrected chi connectivity index (χ1v) is 5.95. The zero-order chi connectivity index (χ0) is 14.6. The summed E-state index contributed by atoms with van der Waals surface area (Å²) in [5, 5.41) is 0.0790. The van der Waals surface area contributed by atoms with E-state index in [9.17, 15) is 22.4 Å². The third kappa shape index (κ3) is 4.66. The summed E-state index contributed by atoms with van der Waals surface area (Å²) in [4.78, 5) is 14.7. The molecule has 0 amide bonds. The molecule has 0 unspecified atom stereocenters. The summed E-state index contributed by atoms with van der Waals surface area (Å²) in [5.41, 5.74) is -0.373. The molecule has 0 saturated heterocycles. The van der Waals surface area contributed by atoms with Crippen molar-refractivity contribution in [3.8, 4) is 5.75 Å². The summed E-state index contributed by atoms with van der Waals surface area (Å²) in [5.74, 6) is -3.20. The third-order valence-corrected chi connectivity index (χ3v) is 2.52. The van der Waals surface area contributed by atoms with Crippen LogP contribution >= 0.6 is 15.9 Å². The number of hydrogen-bond acceptors (Lipinski definition) is 4. The number of ether oxygens (including phenoxy) is 2. The normalized spacial score (nSPS) is 11.3. The fraction of sp³-hybridized carbons (Fsp3) is 0.400. The van der Waals surface area contributed by atoms with Crippen LogP contribution in [-0.4, -0.2) is 24.4 Å². The van der Waals surface area contributed by atoms with Crippen LogP contribution in [0.25, 0.3) is 0 Å². The van der Waals surface area contributed by atoms with Gasteiger partial charge in [0.25, 0.3) is 0 Å². The standard InChI is InChI=1S/C10H8BrF4NO3/c1-18-8(17)3-6-9(12)7(19-10(13,14)15)2-5(4-11)16-6/h2H,3-4H2,1H3. The highest BCUT2D eigenvalue weighted by molar-refractivity contribution is 9.08. The van der Waals surface area contributed by atoms with Crippen molar-refractivity contribution in [1.82, 2.24) is 4.98 Å². The van der Waals surface area contributed by atoms with Gasteiger partial charge in [-0.15, -0.1) is 13.2 Å². The molecule has 1 aromatic heterocycles. The van der Waals surface area contributed by atoms with Crippen LogP contribution in [-0.2, 0) is 21.3 Å². The number of methoxy groups -OCH3 is 1. The summed E-state index contributed by atoms with van der Waals surface area (Å²) in [6.07, 6.45) is -5.62. The Balaban J connectivity index is 3.17. The lowest BCUT2D eigenvalue weighted by atomic mass is 10.2. The summed E-state index contributed by atoms with van der Waals surface area (Å²) in [7, 11) is 1.07. The molecule has 0 radical (unpaired) electrons. The Kier molecular flexibility index (Phi) is 5.10. The Morgan fingerprint density at radius 1 is 1.47 bits per heavy atom. The molecule has 0 aliphatic heterocycles. The lowest BCUT2D eigenvalue weighted by molar-refractivity contribution is -0.275. The van der Waals surface area contributed by atoms with Crippen LogP contribution in [0.3, 0.4) is 0 Å². The fourth-order valence-corrected chi connectivity index (χ4v) is 1.49. The summed E-state index contributed by atoms with van der Waals surface area (Å²) in [6, 6.07) is 0.804.